The van der Waals surface area contributed by atoms with Gasteiger partial charge >= 0.3 is 12.0 Å². The SMILES string of the molecule is CC(NC(=O)N(CC(N)=O)CC(=O)O)c1ccncc1. The Bertz CT molecular complexity index is 475. The first-order valence-corrected chi connectivity index (χ1v) is 5.85. The highest BCUT2D eigenvalue weighted by atomic mass is 16.4. The predicted molar refractivity (Wildman–Crippen MR) is 69.6 cm³/mol. The summed E-state index contributed by atoms with van der Waals surface area (Å²) in [6.07, 6.45) is 3.16. The fourth-order valence-corrected chi connectivity index (χ4v) is 1.56. The molecule has 1 heterocycles. The Morgan fingerprint density at radius 2 is 1.95 bits per heavy atom. The first-order valence-electron chi connectivity index (χ1n) is 5.85. The number of hydrogen-bond donors (Lipinski definition) is 3. The van der Waals surface area contributed by atoms with Crippen molar-refractivity contribution in [3.05, 3.63) is 30.1 Å². The van der Waals surface area contributed by atoms with Crippen LogP contribution in [-0.4, -0.2) is 46.0 Å². The molecule has 1 atom stereocenters. The lowest BCUT2D eigenvalue weighted by molar-refractivity contribution is -0.137. The fraction of sp³-hybridized carbons (Fsp3) is 0.333. The molecule has 0 spiro atoms. The molecule has 0 radical (unpaired) electrons. The van der Waals surface area contributed by atoms with Gasteiger partial charge in [-0.2, -0.15) is 0 Å². The number of nitrogens with zero attached hydrogens (tertiary/aromatic N) is 2. The zero-order chi connectivity index (χ0) is 15.1. The van der Waals surface area contributed by atoms with Crippen molar-refractivity contribution in [1.82, 2.24) is 15.2 Å². The van der Waals surface area contributed by atoms with Crippen LogP contribution < -0.4 is 11.1 Å². The number of aliphatic carboxylic acids is 1. The van der Waals surface area contributed by atoms with E-state index in [4.69, 9.17) is 10.8 Å². The van der Waals surface area contributed by atoms with Gasteiger partial charge in [0.15, 0.2) is 0 Å². The zero-order valence-corrected chi connectivity index (χ0v) is 10.9. The largest absolute Gasteiger partial charge is 0.480 e. The van der Waals surface area contributed by atoms with Crippen molar-refractivity contribution in [2.24, 2.45) is 5.73 Å². The number of nitrogens with two attached hydrogens (primary N) is 1. The van der Waals surface area contributed by atoms with Crippen LogP contribution in [0.1, 0.15) is 18.5 Å². The van der Waals surface area contributed by atoms with Crippen LogP contribution in [0.4, 0.5) is 4.79 Å². The van der Waals surface area contributed by atoms with E-state index in [9.17, 15) is 14.4 Å². The van der Waals surface area contributed by atoms with Crippen molar-refractivity contribution < 1.29 is 19.5 Å². The monoisotopic (exact) mass is 280 g/mol. The van der Waals surface area contributed by atoms with Crippen LogP contribution in [-0.2, 0) is 9.59 Å². The number of carbonyl (C=O) groups is 3. The Labute approximate surface area is 115 Å². The summed E-state index contributed by atoms with van der Waals surface area (Å²) in [7, 11) is 0. The van der Waals surface area contributed by atoms with Gasteiger partial charge in [0.05, 0.1) is 6.04 Å². The lowest BCUT2D eigenvalue weighted by atomic mass is 10.1. The Morgan fingerprint density at radius 1 is 1.35 bits per heavy atom. The lowest BCUT2D eigenvalue weighted by Gasteiger charge is -2.22. The molecule has 1 aromatic rings. The Morgan fingerprint density at radius 3 is 2.45 bits per heavy atom. The number of amides is 3. The molecule has 0 saturated carbocycles. The molecule has 0 fully saturated rings. The topological polar surface area (TPSA) is 126 Å². The van der Waals surface area contributed by atoms with Gasteiger partial charge in [-0.3, -0.25) is 14.6 Å². The van der Waals surface area contributed by atoms with E-state index < -0.39 is 31.0 Å². The summed E-state index contributed by atoms with van der Waals surface area (Å²) in [6.45, 7) is 0.676. The second-order valence-corrected chi connectivity index (χ2v) is 4.17. The van der Waals surface area contributed by atoms with Crippen LogP contribution in [0.15, 0.2) is 24.5 Å². The van der Waals surface area contributed by atoms with Gasteiger partial charge in [0, 0.05) is 12.4 Å². The first-order chi connectivity index (χ1) is 9.40. The number of rotatable bonds is 6. The summed E-state index contributed by atoms with van der Waals surface area (Å²) >= 11 is 0. The minimum atomic E-state index is -1.22. The maximum absolute atomic E-state index is 11.9. The Kier molecular flexibility index (Phi) is 5.45. The van der Waals surface area contributed by atoms with Crippen LogP contribution in [0, 0.1) is 0 Å². The number of urea groups is 1. The molecule has 0 aliphatic carbocycles. The fourth-order valence-electron chi connectivity index (χ4n) is 1.56. The molecule has 0 bridgehead atoms. The second kappa shape index (κ2) is 7.07. The van der Waals surface area contributed by atoms with Gasteiger partial charge in [0.1, 0.15) is 13.1 Å². The van der Waals surface area contributed by atoms with Crippen molar-refractivity contribution >= 4 is 17.9 Å². The maximum atomic E-state index is 11.9. The highest BCUT2D eigenvalue weighted by Crippen LogP contribution is 2.10. The van der Waals surface area contributed by atoms with Crippen molar-refractivity contribution in [2.45, 2.75) is 13.0 Å². The quantitative estimate of drug-likeness (QED) is 0.661. The summed E-state index contributed by atoms with van der Waals surface area (Å²) in [5.41, 5.74) is 5.80. The van der Waals surface area contributed by atoms with Gasteiger partial charge in [-0.25, -0.2) is 4.79 Å². The third-order valence-corrected chi connectivity index (χ3v) is 2.51. The van der Waals surface area contributed by atoms with E-state index in [0.29, 0.717) is 0 Å². The third-order valence-electron chi connectivity index (χ3n) is 2.51. The molecule has 8 heteroatoms. The first kappa shape index (κ1) is 15.4. The standard InChI is InChI=1S/C12H16N4O4/c1-8(9-2-4-14-5-3-9)15-12(20)16(6-10(13)17)7-11(18)19/h2-5,8H,6-7H2,1H3,(H2,13,17)(H,15,20)(H,18,19). The molecule has 108 valence electrons. The molecule has 0 aliphatic rings. The van der Waals surface area contributed by atoms with E-state index in [1.165, 1.54) is 0 Å². The summed E-state index contributed by atoms with van der Waals surface area (Å²) in [6, 6.07) is 2.42. The molecule has 3 amide bonds. The number of carbonyl (C=O) groups excluding carboxylic acids is 2. The summed E-state index contributed by atoms with van der Waals surface area (Å²) in [5, 5.41) is 11.3. The highest BCUT2D eigenvalue weighted by molar-refractivity contribution is 5.86. The molecule has 1 aromatic heterocycles. The average Bonchev–Trinajstić information content (AvgIpc) is 2.37. The van der Waals surface area contributed by atoms with Crippen LogP contribution in [0.3, 0.4) is 0 Å². The highest BCUT2D eigenvalue weighted by Gasteiger charge is 2.20. The van der Waals surface area contributed by atoms with Gasteiger partial charge in [-0.05, 0) is 24.6 Å². The average molecular weight is 280 g/mol. The van der Waals surface area contributed by atoms with Crippen LogP contribution >= 0.6 is 0 Å². The molecule has 1 unspecified atom stereocenters. The minimum Gasteiger partial charge on any atom is -0.480 e. The normalized spacial score (nSPS) is 11.4. The molecule has 0 aromatic carbocycles. The summed E-state index contributed by atoms with van der Waals surface area (Å²) in [5.74, 6) is -2.00. The van der Waals surface area contributed by atoms with Crippen LogP contribution in [0.2, 0.25) is 0 Å². The molecule has 1 rings (SSSR count). The van der Waals surface area contributed by atoms with Crippen LogP contribution in [0.25, 0.3) is 0 Å². The summed E-state index contributed by atoms with van der Waals surface area (Å²) < 4.78 is 0. The third kappa shape index (κ3) is 4.92. The van der Waals surface area contributed by atoms with Gasteiger partial charge < -0.3 is 21.1 Å². The molecular weight excluding hydrogens is 264 g/mol. The van der Waals surface area contributed by atoms with Crippen molar-refractivity contribution in [1.29, 1.82) is 0 Å². The van der Waals surface area contributed by atoms with E-state index in [1.54, 1.807) is 31.5 Å². The van der Waals surface area contributed by atoms with E-state index >= 15 is 0 Å². The summed E-state index contributed by atoms with van der Waals surface area (Å²) in [4.78, 5) is 38.1. The molecular formula is C12H16N4O4. The van der Waals surface area contributed by atoms with E-state index in [1.807, 2.05) is 0 Å². The molecule has 0 aliphatic heterocycles. The van der Waals surface area contributed by atoms with Gasteiger partial charge in [0.25, 0.3) is 0 Å². The molecule has 8 nitrogen and oxygen atoms in total. The van der Waals surface area contributed by atoms with E-state index in [-0.39, 0.29) is 6.04 Å². The van der Waals surface area contributed by atoms with Gasteiger partial charge in [-0.1, -0.05) is 0 Å². The predicted octanol–water partition coefficient (Wildman–Crippen LogP) is -0.276. The van der Waals surface area contributed by atoms with Crippen molar-refractivity contribution in [2.75, 3.05) is 13.1 Å². The Balaban J connectivity index is 2.70. The number of hydrogen-bond acceptors (Lipinski definition) is 4. The Hall–Kier alpha value is -2.64. The lowest BCUT2D eigenvalue weighted by Crippen LogP contribution is -2.47. The number of nitrogens with one attached hydrogen (secondary N) is 1. The molecule has 20 heavy (non-hydrogen) atoms. The van der Waals surface area contributed by atoms with E-state index in [0.717, 1.165) is 10.5 Å². The number of pyridine rings is 1. The number of primary amides is 1. The van der Waals surface area contributed by atoms with Crippen LogP contribution in [0.5, 0.6) is 0 Å². The van der Waals surface area contributed by atoms with Crippen molar-refractivity contribution in [3.63, 3.8) is 0 Å². The second-order valence-electron chi connectivity index (χ2n) is 4.17. The smallest absolute Gasteiger partial charge is 0.323 e. The number of aromatic nitrogens is 1. The number of carboxylic acid groups (broad SMARTS) is 1. The molecule has 4 N–H and O–H groups in total. The van der Waals surface area contributed by atoms with Gasteiger partial charge in [0.2, 0.25) is 5.91 Å². The molecule has 0 saturated heterocycles. The van der Waals surface area contributed by atoms with E-state index in [2.05, 4.69) is 10.3 Å². The van der Waals surface area contributed by atoms with Gasteiger partial charge in [-0.15, -0.1) is 0 Å². The minimum absolute atomic E-state index is 0.352. The maximum Gasteiger partial charge on any atom is 0.323 e. The zero-order valence-electron chi connectivity index (χ0n) is 10.9. The van der Waals surface area contributed by atoms with Crippen molar-refractivity contribution in [3.8, 4) is 0 Å². The number of carboxylic acids is 1.